The summed E-state index contributed by atoms with van der Waals surface area (Å²) in [6.07, 6.45) is 3.94. The molecule has 2 aliphatic carbocycles. The number of carbonyl (C=O) groups excluding carboxylic acids is 2. The van der Waals surface area contributed by atoms with Gasteiger partial charge < -0.3 is 18.4 Å². The number of benzene rings is 3. The van der Waals surface area contributed by atoms with Crippen LogP contribution in [0.3, 0.4) is 0 Å². The number of fused-ring (bicyclic) bond motifs is 2. The van der Waals surface area contributed by atoms with Crippen molar-refractivity contribution in [3.05, 3.63) is 131 Å². The molecule has 0 fully saturated rings. The molecule has 3 atom stereocenters. The number of nitrogens with zero attached hydrogens (tertiary/aromatic N) is 2. The molecule has 4 aromatic rings. The second-order valence-electron chi connectivity index (χ2n) is 14.4. The number of ketones is 2. The molecule has 3 aromatic carbocycles. The second kappa shape index (κ2) is 14.4. The van der Waals surface area contributed by atoms with E-state index in [2.05, 4.69) is 56.1 Å². The second-order valence-corrected chi connectivity index (χ2v) is 19.2. The average molecular weight is 679 g/mol. The van der Waals surface area contributed by atoms with Gasteiger partial charge in [0.2, 0.25) is 5.78 Å². The molecule has 0 saturated heterocycles. The molecule has 9 heteroatoms. The first-order chi connectivity index (χ1) is 23.5. The summed E-state index contributed by atoms with van der Waals surface area (Å²) in [5, 5.41) is 4.08. The Morgan fingerprint density at radius 2 is 1.47 bits per heavy atom. The fourth-order valence-corrected chi connectivity index (χ4v) is 7.93. The van der Waals surface area contributed by atoms with Crippen LogP contribution in [0.1, 0.15) is 66.0 Å². The van der Waals surface area contributed by atoms with Gasteiger partial charge >= 0.3 is 0 Å². The SMILES string of the molecule is CC(C)(C)[Si](C)(C)O[C@]12C(=O)CC=C[C@H]1[C@H](N(CCOCc1ccccc1)Cc1ccccc1)c1onc(OCc3ccccc3)c1C2=O. The minimum absolute atomic E-state index is 0.0767. The highest BCUT2D eigenvalue weighted by Gasteiger charge is 2.65. The van der Waals surface area contributed by atoms with Crippen molar-refractivity contribution < 1.29 is 28.0 Å². The van der Waals surface area contributed by atoms with Crippen molar-refractivity contribution in [2.45, 2.75) is 76.7 Å². The maximum atomic E-state index is 15.0. The highest BCUT2D eigenvalue weighted by atomic mass is 28.4. The summed E-state index contributed by atoms with van der Waals surface area (Å²) >= 11 is 0. The largest absolute Gasteiger partial charge is 0.470 e. The van der Waals surface area contributed by atoms with Crippen LogP contribution in [0.25, 0.3) is 0 Å². The molecule has 0 spiro atoms. The zero-order valence-electron chi connectivity index (χ0n) is 29.1. The van der Waals surface area contributed by atoms with Crippen molar-refractivity contribution in [1.82, 2.24) is 10.1 Å². The van der Waals surface area contributed by atoms with Crippen LogP contribution in [0, 0.1) is 5.92 Å². The van der Waals surface area contributed by atoms with Crippen LogP contribution in [-0.4, -0.2) is 48.7 Å². The predicted molar refractivity (Wildman–Crippen MR) is 191 cm³/mol. The molecule has 49 heavy (non-hydrogen) atoms. The molecule has 2 aliphatic rings. The summed E-state index contributed by atoms with van der Waals surface area (Å²) in [5.74, 6) is -0.887. The summed E-state index contributed by atoms with van der Waals surface area (Å²) in [5.41, 5.74) is 1.50. The van der Waals surface area contributed by atoms with Crippen molar-refractivity contribution in [3.63, 3.8) is 0 Å². The van der Waals surface area contributed by atoms with Gasteiger partial charge in [-0.15, -0.1) is 0 Å². The maximum absolute atomic E-state index is 15.0. The summed E-state index contributed by atoms with van der Waals surface area (Å²) in [7, 11) is -2.70. The average Bonchev–Trinajstić information content (AvgIpc) is 3.51. The van der Waals surface area contributed by atoms with Crippen LogP contribution in [-0.2, 0) is 33.7 Å². The maximum Gasteiger partial charge on any atom is 0.265 e. The molecule has 0 N–H and O–H groups in total. The number of aromatic nitrogens is 1. The molecule has 0 saturated carbocycles. The van der Waals surface area contributed by atoms with Gasteiger partial charge in [-0.1, -0.05) is 124 Å². The lowest BCUT2D eigenvalue weighted by atomic mass is 9.65. The normalized spacial score (nSPS) is 20.7. The number of allylic oxidation sites excluding steroid dienone is 1. The van der Waals surface area contributed by atoms with Crippen molar-refractivity contribution in [3.8, 4) is 5.88 Å². The monoisotopic (exact) mass is 678 g/mol. The Hall–Kier alpha value is -4.15. The van der Waals surface area contributed by atoms with Gasteiger partial charge in [-0.3, -0.25) is 14.5 Å². The van der Waals surface area contributed by atoms with E-state index in [0.29, 0.717) is 32.1 Å². The minimum Gasteiger partial charge on any atom is -0.470 e. The van der Waals surface area contributed by atoms with E-state index in [4.69, 9.17) is 18.4 Å². The lowest BCUT2D eigenvalue weighted by Crippen LogP contribution is -2.66. The van der Waals surface area contributed by atoms with E-state index in [1.807, 2.05) is 91.0 Å². The van der Waals surface area contributed by atoms with Crippen LogP contribution in [0.5, 0.6) is 5.88 Å². The Kier molecular flexibility index (Phi) is 10.2. The third kappa shape index (κ3) is 7.12. The van der Waals surface area contributed by atoms with Gasteiger partial charge in [0, 0.05) is 25.4 Å². The molecule has 256 valence electrons. The van der Waals surface area contributed by atoms with Gasteiger partial charge in [0.25, 0.3) is 5.88 Å². The smallest absolute Gasteiger partial charge is 0.265 e. The van der Waals surface area contributed by atoms with Crippen molar-refractivity contribution in [1.29, 1.82) is 0 Å². The lowest BCUT2D eigenvalue weighted by Gasteiger charge is -2.52. The molecule has 0 radical (unpaired) electrons. The molecule has 0 unspecified atom stereocenters. The number of hydrogen-bond acceptors (Lipinski definition) is 8. The van der Waals surface area contributed by atoms with Gasteiger partial charge in [0.15, 0.2) is 25.5 Å². The molecular weight excluding hydrogens is 633 g/mol. The molecule has 0 bridgehead atoms. The Morgan fingerprint density at radius 1 is 0.878 bits per heavy atom. The molecule has 8 nitrogen and oxygen atoms in total. The molecule has 1 heterocycles. The lowest BCUT2D eigenvalue weighted by molar-refractivity contribution is -0.138. The van der Waals surface area contributed by atoms with E-state index < -0.39 is 31.7 Å². The van der Waals surface area contributed by atoms with E-state index in [9.17, 15) is 4.79 Å². The fourth-order valence-electron chi connectivity index (χ4n) is 6.47. The summed E-state index contributed by atoms with van der Waals surface area (Å²) in [4.78, 5) is 31.7. The number of Topliss-reactive ketones (excluding diaryl/α,β-unsaturated/α-hetero) is 2. The first kappa shape index (κ1) is 34.7. The number of hydrogen-bond donors (Lipinski definition) is 0. The van der Waals surface area contributed by atoms with Crippen LogP contribution in [0.15, 0.2) is 108 Å². The molecular formula is C40H46N2O6Si. The first-order valence-corrected chi connectivity index (χ1v) is 19.9. The minimum atomic E-state index is -2.70. The topological polar surface area (TPSA) is 91.1 Å². The van der Waals surface area contributed by atoms with E-state index in [-0.39, 0.29) is 35.3 Å². The Morgan fingerprint density at radius 3 is 2.08 bits per heavy atom. The van der Waals surface area contributed by atoms with Crippen LogP contribution in [0.2, 0.25) is 18.1 Å². The fraction of sp³-hybridized carbons (Fsp3) is 0.375. The molecule has 0 amide bonds. The van der Waals surface area contributed by atoms with Crippen LogP contribution >= 0.6 is 0 Å². The third-order valence-corrected chi connectivity index (χ3v) is 14.5. The Labute approximate surface area is 290 Å². The Balaban J connectivity index is 1.44. The van der Waals surface area contributed by atoms with Crippen molar-refractivity contribution >= 4 is 19.9 Å². The first-order valence-electron chi connectivity index (χ1n) is 17.0. The highest BCUT2D eigenvalue weighted by molar-refractivity contribution is 6.74. The van der Waals surface area contributed by atoms with Crippen LogP contribution < -0.4 is 4.74 Å². The van der Waals surface area contributed by atoms with Crippen molar-refractivity contribution in [2.24, 2.45) is 5.92 Å². The zero-order valence-corrected chi connectivity index (χ0v) is 30.1. The van der Waals surface area contributed by atoms with Crippen molar-refractivity contribution in [2.75, 3.05) is 13.2 Å². The van der Waals surface area contributed by atoms with Gasteiger partial charge in [-0.2, -0.15) is 0 Å². The molecule has 0 aliphatic heterocycles. The van der Waals surface area contributed by atoms with Gasteiger partial charge in [-0.05, 0) is 40.0 Å². The quantitative estimate of drug-likeness (QED) is 0.0606. The summed E-state index contributed by atoms with van der Waals surface area (Å²) < 4.78 is 25.6. The predicted octanol–water partition coefficient (Wildman–Crippen LogP) is 8.12. The number of rotatable bonds is 13. The number of carbonyl (C=O) groups is 2. The van der Waals surface area contributed by atoms with Crippen LogP contribution in [0.4, 0.5) is 0 Å². The third-order valence-electron chi connectivity index (χ3n) is 10.1. The zero-order chi connectivity index (χ0) is 34.6. The summed E-state index contributed by atoms with van der Waals surface area (Å²) in [6, 6.07) is 29.3. The van der Waals surface area contributed by atoms with E-state index in [1.54, 1.807) is 0 Å². The molecule has 1 aromatic heterocycles. The van der Waals surface area contributed by atoms with Gasteiger partial charge in [-0.25, -0.2) is 0 Å². The van der Waals surface area contributed by atoms with E-state index >= 15 is 4.79 Å². The standard InChI is InChI=1S/C40H46N2O6Si/c1-39(2,3)49(4,5)48-40-32(22-15-23-33(40)43)35(36-34(37(40)44)38(41-47-36)46-28-31-20-13-8-14-21-31)42(26-29-16-9-6-10-17-29)24-25-45-27-30-18-11-7-12-19-30/h6-22,32,35H,23-28H2,1-5H3/t32-,35-,40-/m0/s1. The summed E-state index contributed by atoms with van der Waals surface area (Å²) in [6.45, 7) is 12.6. The van der Waals surface area contributed by atoms with E-state index in [0.717, 1.165) is 16.7 Å². The Bertz CT molecular complexity index is 1770. The molecule has 6 rings (SSSR count). The van der Waals surface area contributed by atoms with E-state index in [1.165, 1.54) is 0 Å². The highest BCUT2D eigenvalue weighted by Crippen LogP contribution is 2.54. The number of ether oxygens (including phenoxy) is 2. The van der Waals surface area contributed by atoms with Gasteiger partial charge in [0.1, 0.15) is 12.2 Å². The van der Waals surface area contributed by atoms with Gasteiger partial charge in [0.05, 0.1) is 19.3 Å².